The summed E-state index contributed by atoms with van der Waals surface area (Å²) < 4.78 is 4.80. The van der Waals surface area contributed by atoms with Gasteiger partial charge in [-0.05, 0) is 30.9 Å². The van der Waals surface area contributed by atoms with Crippen LogP contribution in [0.1, 0.15) is 30.1 Å². The Balaban J connectivity index is 1.82. The van der Waals surface area contributed by atoms with Crippen LogP contribution in [0.15, 0.2) is 30.5 Å². The average Bonchev–Trinajstić information content (AvgIpc) is 2.62. The Morgan fingerprint density at radius 3 is 3.00 bits per heavy atom. The molecule has 0 aliphatic carbocycles. The number of para-hydroxylation sites is 1. The molecule has 0 spiro atoms. The van der Waals surface area contributed by atoms with Crippen LogP contribution >= 0.6 is 0 Å². The summed E-state index contributed by atoms with van der Waals surface area (Å²) in [5.74, 6) is 1.40. The van der Waals surface area contributed by atoms with Gasteiger partial charge in [0, 0.05) is 13.1 Å². The van der Waals surface area contributed by atoms with E-state index in [1.807, 2.05) is 6.07 Å². The molecular weight excluding hydrogens is 306 g/mol. The maximum Gasteiger partial charge on any atom is 0.339 e. The predicted octanol–water partition coefficient (Wildman–Crippen LogP) is 2.64. The number of anilines is 3. The average molecular weight is 327 g/mol. The molecule has 0 saturated carbocycles. The maximum absolute atomic E-state index is 11.8. The molecule has 2 heterocycles. The highest BCUT2D eigenvalue weighted by Crippen LogP contribution is 2.23. The molecule has 126 valence electrons. The molecule has 24 heavy (non-hydrogen) atoms. The van der Waals surface area contributed by atoms with Crippen molar-refractivity contribution in [1.82, 2.24) is 15.2 Å². The highest BCUT2D eigenvalue weighted by atomic mass is 16.5. The molecule has 0 amide bonds. The summed E-state index contributed by atoms with van der Waals surface area (Å²) in [5.41, 5.74) is 1.02. The van der Waals surface area contributed by atoms with Crippen LogP contribution in [0.25, 0.3) is 0 Å². The van der Waals surface area contributed by atoms with Gasteiger partial charge in [0.05, 0.1) is 24.6 Å². The van der Waals surface area contributed by atoms with Gasteiger partial charge >= 0.3 is 5.97 Å². The number of esters is 1. The molecule has 1 aliphatic rings. The zero-order chi connectivity index (χ0) is 16.9. The van der Waals surface area contributed by atoms with Crippen LogP contribution in [0.4, 0.5) is 17.5 Å². The molecule has 0 bridgehead atoms. The third kappa shape index (κ3) is 3.61. The lowest BCUT2D eigenvalue weighted by molar-refractivity contribution is 0.0602. The molecule has 7 heteroatoms. The third-order valence-electron chi connectivity index (χ3n) is 4.11. The van der Waals surface area contributed by atoms with Gasteiger partial charge < -0.3 is 15.0 Å². The van der Waals surface area contributed by atoms with Crippen molar-refractivity contribution in [2.75, 3.05) is 30.4 Å². The maximum atomic E-state index is 11.8. The Labute approximate surface area is 141 Å². The van der Waals surface area contributed by atoms with Gasteiger partial charge in [0.2, 0.25) is 5.95 Å². The fourth-order valence-corrected chi connectivity index (χ4v) is 2.90. The van der Waals surface area contributed by atoms with Gasteiger partial charge in [-0.1, -0.05) is 19.1 Å². The molecular formula is C17H21N5O2. The van der Waals surface area contributed by atoms with Gasteiger partial charge in [-0.15, -0.1) is 5.10 Å². The van der Waals surface area contributed by atoms with Crippen molar-refractivity contribution in [3.63, 3.8) is 0 Å². The Hall–Kier alpha value is -2.70. The Morgan fingerprint density at radius 2 is 2.21 bits per heavy atom. The minimum Gasteiger partial charge on any atom is -0.465 e. The van der Waals surface area contributed by atoms with Crippen molar-refractivity contribution < 1.29 is 9.53 Å². The summed E-state index contributed by atoms with van der Waals surface area (Å²) in [6, 6.07) is 7.09. The topological polar surface area (TPSA) is 80.2 Å². The summed E-state index contributed by atoms with van der Waals surface area (Å²) in [6.07, 6.45) is 4.07. The summed E-state index contributed by atoms with van der Waals surface area (Å²) in [7, 11) is 1.36. The first-order valence-corrected chi connectivity index (χ1v) is 8.06. The van der Waals surface area contributed by atoms with E-state index >= 15 is 0 Å². The van der Waals surface area contributed by atoms with E-state index in [2.05, 4.69) is 32.3 Å². The number of aromatic nitrogens is 3. The molecule has 1 unspecified atom stereocenters. The monoisotopic (exact) mass is 327 g/mol. The van der Waals surface area contributed by atoms with E-state index in [0.717, 1.165) is 25.3 Å². The number of methoxy groups -OCH3 is 1. The highest BCUT2D eigenvalue weighted by molar-refractivity contribution is 5.96. The van der Waals surface area contributed by atoms with E-state index in [9.17, 15) is 4.79 Å². The van der Waals surface area contributed by atoms with Crippen molar-refractivity contribution in [2.45, 2.75) is 19.8 Å². The number of benzene rings is 1. The number of carbonyl (C=O) groups is 1. The van der Waals surface area contributed by atoms with Gasteiger partial charge in [-0.25, -0.2) is 4.79 Å². The van der Waals surface area contributed by atoms with Crippen molar-refractivity contribution in [1.29, 1.82) is 0 Å². The lowest BCUT2D eigenvalue weighted by Crippen LogP contribution is -2.35. The van der Waals surface area contributed by atoms with E-state index in [0.29, 0.717) is 23.1 Å². The largest absolute Gasteiger partial charge is 0.465 e. The molecule has 1 fully saturated rings. The normalized spacial score (nSPS) is 17.4. The van der Waals surface area contributed by atoms with E-state index in [-0.39, 0.29) is 0 Å². The molecule has 2 aromatic rings. The SMILES string of the molecule is COC(=O)c1ccccc1Nc1nncc(N2CCCC(C)C2)n1. The van der Waals surface area contributed by atoms with E-state index in [1.54, 1.807) is 24.4 Å². The van der Waals surface area contributed by atoms with Crippen molar-refractivity contribution in [3.05, 3.63) is 36.0 Å². The predicted molar refractivity (Wildman–Crippen MR) is 91.5 cm³/mol. The lowest BCUT2D eigenvalue weighted by atomic mass is 10.0. The minimum atomic E-state index is -0.410. The summed E-state index contributed by atoms with van der Waals surface area (Å²) in [4.78, 5) is 18.6. The third-order valence-corrected chi connectivity index (χ3v) is 4.11. The zero-order valence-electron chi connectivity index (χ0n) is 13.9. The number of hydrogen-bond donors (Lipinski definition) is 1. The van der Waals surface area contributed by atoms with Gasteiger partial charge in [0.1, 0.15) is 0 Å². The number of piperidine rings is 1. The van der Waals surface area contributed by atoms with E-state index in [4.69, 9.17) is 4.74 Å². The standard InChI is InChI=1S/C17H21N5O2/c1-12-6-5-9-22(11-12)15-10-18-21-17(20-15)19-14-8-4-3-7-13(14)16(23)24-2/h3-4,7-8,10,12H,5-6,9,11H2,1-2H3,(H,19,20,21). The molecule has 1 aromatic carbocycles. The number of nitrogens with zero attached hydrogens (tertiary/aromatic N) is 4. The second-order valence-corrected chi connectivity index (χ2v) is 5.99. The highest BCUT2D eigenvalue weighted by Gasteiger charge is 2.19. The number of hydrogen-bond acceptors (Lipinski definition) is 7. The molecule has 0 radical (unpaired) electrons. The molecule has 1 aliphatic heterocycles. The van der Waals surface area contributed by atoms with Crippen LogP contribution in [0.5, 0.6) is 0 Å². The first kappa shape index (κ1) is 16.2. The zero-order valence-corrected chi connectivity index (χ0v) is 13.9. The van der Waals surface area contributed by atoms with Crippen molar-refractivity contribution in [2.24, 2.45) is 5.92 Å². The van der Waals surface area contributed by atoms with Gasteiger partial charge in [0.15, 0.2) is 5.82 Å². The molecule has 1 aromatic heterocycles. The quantitative estimate of drug-likeness (QED) is 0.865. The Kier molecular flexibility index (Phi) is 4.88. The Morgan fingerprint density at radius 1 is 1.38 bits per heavy atom. The summed E-state index contributed by atoms with van der Waals surface area (Å²) in [6.45, 7) is 4.19. The van der Waals surface area contributed by atoms with Crippen LogP contribution in [0, 0.1) is 5.92 Å². The summed E-state index contributed by atoms with van der Waals surface area (Å²) >= 11 is 0. The lowest BCUT2D eigenvalue weighted by Gasteiger charge is -2.31. The molecule has 1 atom stereocenters. The molecule has 3 rings (SSSR count). The van der Waals surface area contributed by atoms with Crippen molar-refractivity contribution in [3.8, 4) is 0 Å². The molecule has 1 saturated heterocycles. The van der Waals surface area contributed by atoms with Crippen molar-refractivity contribution >= 4 is 23.4 Å². The number of rotatable bonds is 4. The van der Waals surface area contributed by atoms with Gasteiger partial charge in [-0.3, -0.25) is 0 Å². The number of nitrogens with one attached hydrogen (secondary N) is 1. The van der Waals surface area contributed by atoms with E-state index in [1.165, 1.54) is 13.5 Å². The molecule has 1 N–H and O–H groups in total. The first-order chi connectivity index (χ1) is 11.7. The minimum absolute atomic E-state index is 0.363. The smallest absolute Gasteiger partial charge is 0.339 e. The van der Waals surface area contributed by atoms with Crippen LogP contribution in [-0.2, 0) is 4.74 Å². The van der Waals surface area contributed by atoms with Gasteiger partial charge in [-0.2, -0.15) is 10.1 Å². The van der Waals surface area contributed by atoms with Crippen LogP contribution in [-0.4, -0.2) is 41.3 Å². The van der Waals surface area contributed by atoms with Crippen LogP contribution < -0.4 is 10.2 Å². The Bertz CT molecular complexity index is 722. The van der Waals surface area contributed by atoms with Crippen LogP contribution in [0.3, 0.4) is 0 Å². The second-order valence-electron chi connectivity index (χ2n) is 5.99. The summed E-state index contributed by atoms with van der Waals surface area (Å²) in [5, 5.41) is 11.1. The second kappa shape index (κ2) is 7.25. The molecule has 7 nitrogen and oxygen atoms in total. The number of carbonyl (C=O) groups excluding carboxylic acids is 1. The fourth-order valence-electron chi connectivity index (χ4n) is 2.90. The van der Waals surface area contributed by atoms with E-state index < -0.39 is 5.97 Å². The van der Waals surface area contributed by atoms with Gasteiger partial charge in [0.25, 0.3) is 0 Å². The fraction of sp³-hybridized carbons (Fsp3) is 0.412. The number of ether oxygens (including phenoxy) is 1. The first-order valence-electron chi connectivity index (χ1n) is 8.06. The van der Waals surface area contributed by atoms with Crippen LogP contribution in [0.2, 0.25) is 0 Å².